The maximum Gasteiger partial charge on any atom is 0.407 e. The van der Waals surface area contributed by atoms with E-state index in [0.29, 0.717) is 23.7 Å². The second-order valence-electron chi connectivity index (χ2n) is 13.5. The Morgan fingerprint density at radius 3 is 2.34 bits per heavy atom. The number of rotatable bonds is 12. The number of ether oxygens (including phenoxy) is 2. The van der Waals surface area contributed by atoms with E-state index < -0.39 is 35.9 Å². The number of aliphatic hydroxyl groups is 2. The number of benzene rings is 2. The number of aliphatic hydroxyl groups excluding tert-OH is 2. The van der Waals surface area contributed by atoms with Gasteiger partial charge < -0.3 is 30.3 Å². The van der Waals surface area contributed by atoms with Gasteiger partial charge >= 0.3 is 6.09 Å². The molecule has 47 heavy (non-hydrogen) atoms. The Bertz CT molecular complexity index is 1450. The minimum atomic E-state index is -1.11. The summed E-state index contributed by atoms with van der Waals surface area (Å²) in [5, 5.41) is 28.9. The molecule has 6 atom stereocenters. The molecule has 1 aliphatic rings. The fraction of sp³-hybridized carbons (Fsp3) is 0.486. The van der Waals surface area contributed by atoms with Crippen molar-refractivity contribution in [1.29, 1.82) is 0 Å². The Labute approximate surface area is 283 Å². The second-order valence-corrected chi connectivity index (χ2v) is 14.0. The van der Waals surface area contributed by atoms with Gasteiger partial charge in [-0.3, -0.25) is 4.79 Å². The van der Waals surface area contributed by atoms with Crippen LogP contribution in [-0.2, 0) is 22.4 Å². The first-order valence-electron chi connectivity index (χ1n) is 16.3. The highest BCUT2D eigenvalue weighted by molar-refractivity contribution is 6.31. The topological polar surface area (TPSA) is 130 Å². The predicted octanol–water partition coefficient (Wildman–Crippen LogP) is 6.12. The lowest BCUT2D eigenvalue weighted by atomic mass is 9.82. The Hall–Kier alpha value is -3.66. The van der Waals surface area contributed by atoms with E-state index in [1.807, 2.05) is 55.5 Å². The number of carbonyl (C=O) groups excluding carboxylic acids is 2. The quantitative estimate of drug-likeness (QED) is 0.183. The molecule has 1 heterocycles. The number of nitrogens with one attached hydrogen (secondary N) is 2. The van der Waals surface area contributed by atoms with Gasteiger partial charge in [-0.25, -0.2) is 9.78 Å². The van der Waals surface area contributed by atoms with Gasteiger partial charge in [0.1, 0.15) is 5.60 Å². The maximum atomic E-state index is 13.9. The fourth-order valence-corrected chi connectivity index (χ4v) is 6.29. The average Bonchev–Trinajstić information content (AvgIpc) is 3.02. The smallest absolute Gasteiger partial charge is 0.407 e. The van der Waals surface area contributed by atoms with E-state index in [-0.39, 0.29) is 30.7 Å². The second kappa shape index (κ2) is 16.4. The molecule has 4 N–H and O–H groups in total. The average molecular weight is 666 g/mol. The van der Waals surface area contributed by atoms with Gasteiger partial charge in [-0.15, -0.1) is 0 Å². The van der Waals surface area contributed by atoms with Crippen LogP contribution in [0.2, 0.25) is 5.02 Å². The van der Waals surface area contributed by atoms with Gasteiger partial charge in [0.25, 0.3) is 0 Å². The van der Waals surface area contributed by atoms with Crippen LogP contribution >= 0.6 is 11.6 Å². The molecule has 3 aromatic rings. The van der Waals surface area contributed by atoms with Crippen LogP contribution in [0.3, 0.4) is 0 Å². The zero-order valence-corrected chi connectivity index (χ0v) is 28.7. The summed E-state index contributed by atoms with van der Waals surface area (Å²) in [5.41, 5.74) is 2.79. The summed E-state index contributed by atoms with van der Waals surface area (Å²) in [6.07, 6.45) is 2.40. The molecule has 10 heteroatoms. The van der Waals surface area contributed by atoms with E-state index in [9.17, 15) is 19.8 Å². The lowest BCUT2D eigenvalue weighted by molar-refractivity contribution is -0.128. The summed E-state index contributed by atoms with van der Waals surface area (Å²) in [7, 11) is 1.57. The van der Waals surface area contributed by atoms with Gasteiger partial charge in [-0.2, -0.15) is 0 Å². The third-order valence-corrected chi connectivity index (χ3v) is 9.04. The number of amides is 2. The van der Waals surface area contributed by atoms with Crippen LogP contribution in [0, 0.1) is 11.8 Å². The first-order valence-corrected chi connectivity index (χ1v) is 16.7. The monoisotopic (exact) mass is 665 g/mol. The molecular formula is C37H48ClN3O6. The molecule has 0 aliphatic heterocycles. The molecule has 0 unspecified atom stereocenters. The molecule has 1 aliphatic carbocycles. The minimum Gasteiger partial charge on any atom is -0.481 e. The molecule has 1 aromatic heterocycles. The van der Waals surface area contributed by atoms with Crippen LogP contribution in [0.25, 0.3) is 11.1 Å². The van der Waals surface area contributed by atoms with Crippen molar-refractivity contribution < 1.29 is 29.3 Å². The van der Waals surface area contributed by atoms with Crippen molar-refractivity contribution in [2.24, 2.45) is 11.8 Å². The highest BCUT2D eigenvalue weighted by Gasteiger charge is 2.35. The van der Waals surface area contributed by atoms with Crippen molar-refractivity contribution in [2.45, 2.75) is 96.1 Å². The van der Waals surface area contributed by atoms with Crippen LogP contribution < -0.4 is 15.4 Å². The van der Waals surface area contributed by atoms with Gasteiger partial charge in [0.05, 0.1) is 31.4 Å². The SMILES string of the molecule is COc1ccc(-c2ccc(C[C@H](NC(=O)OC(C)(C)C)[C@@H](O)C[C@@H](Cc3ccccc3Cl)C(=O)N[C@H]3[C@H](C)CCC[C@H]3O)cc2)cn1. The lowest BCUT2D eigenvalue weighted by Crippen LogP contribution is -2.52. The van der Waals surface area contributed by atoms with Crippen LogP contribution in [0.15, 0.2) is 66.9 Å². The number of pyridine rings is 1. The number of alkyl carbamates (subject to hydrolysis) is 1. The molecule has 0 spiro atoms. The normalized spacial score (nSPS) is 20.0. The van der Waals surface area contributed by atoms with Crippen molar-refractivity contribution in [2.75, 3.05) is 7.11 Å². The summed E-state index contributed by atoms with van der Waals surface area (Å²) in [4.78, 5) is 31.1. The number of methoxy groups -OCH3 is 1. The van der Waals surface area contributed by atoms with Crippen molar-refractivity contribution in [3.63, 3.8) is 0 Å². The molecule has 0 saturated heterocycles. The first-order chi connectivity index (χ1) is 22.3. The zero-order valence-electron chi connectivity index (χ0n) is 27.9. The summed E-state index contributed by atoms with van der Waals surface area (Å²) < 4.78 is 10.7. The van der Waals surface area contributed by atoms with E-state index in [2.05, 4.69) is 15.6 Å². The maximum absolute atomic E-state index is 13.9. The molecule has 254 valence electrons. The van der Waals surface area contributed by atoms with Crippen LogP contribution in [-0.4, -0.2) is 64.2 Å². The molecule has 2 amide bonds. The Morgan fingerprint density at radius 2 is 1.72 bits per heavy atom. The standard InChI is InChI=1S/C37H48ClN3O6/c1-23-9-8-12-31(42)34(23)41-35(44)28(20-26-10-6-7-11-29(26)38)21-32(43)30(40-36(45)47-37(2,3)4)19-24-13-15-25(16-14-24)27-17-18-33(46-5)39-22-27/h6-7,10-11,13-18,22-23,28,30-32,34,42-43H,8-9,12,19-21H2,1-5H3,(H,40,45)(H,41,44)/t23-,28-,30+,31-,32+,34+/m1/s1. The van der Waals surface area contributed by atoms with E-state index in [1.165, 1.54) is 0 Å². The molecule has 1 fully saturated rings. The summed E-state index contributed by atoms with van der Waals surface area (Å²) in [6.45, 7) is 7.35. The highest BCUT2D eigenvalue weighted by Crippen LogP contribution is 2.28. The number of hydrogen-bond donors (Lipinski definition) is 4. The minimum absolute atomic E-state index is 0.0460. The van der Waals surface area contributed by atoms with E-state index in [4.69, 9.17) is 21.1 Å². The Balaban J connectivity index is 1.56. The van der Waals surface area contributed by atoms with E-state index in [1.54, 1.807) is 46.2 Å². The Morgan fingerprint density at radius 1 is 1.02 bits per heavy atom. The summed E-state index contributed by atoms with van der Waals surface area (Å²) >= 11 is 6.50. The van der Waals surface area contributed by atoms with Gasteiger partial charge in [0.2, 0.25) is 11.8 Å². The van der Waals surface area contributed by atoms with Gasteiger partial charge in [0, 0.05) is 28.8 Å². The zero-order chi connectivity index (χ0) is 34.1. The molecule has 4 rings (SSSR count). The van der Waals surface area contributed by atoms with Crippen molar-refractivity contribution in [3.05, 3.63) is 83.0 Å². The molecule has 9 nitrogen and oxygen atoms in total. The van der Waals surface area contributed by atoms with E-state index >= 15 is 0 Å². The van der Waals surface area contributed by atoms with Crippen LogP contribution in [0.4, 0.5) is 4.79 Å². The number of carbonyl (C=O) groups is 2. The van der Waals surface area contributed by atoms with Gasteiger partial charge in [0.15, 0.2) is 0 Å². The molecule has 2 aromatic carbocycles. The largest absolute Gasteiger partial charge is 0.481 e. The van der Waals surface area contributed by atoms with Crippen molar-refractivity contribution >= 4 is 23.6 Å². The molecule has 0 bridgehead atoms. The third-order valence-electron chi connectivity index (χ3n) is 8.67. The first kappa shape index (κ1) is 36.2. The van der Waals surface area contributed by atoms with Crippen molar-refractivity contribution in [1.82, 2.24) is 15.6 Å². The van der Waals surface area contributed by atoms with Crippen LogP contribution in [0.1, 0.15) is 64.5 Å². The van der Waals surface area contributed by atoms with Crippen molar-refractivity contribution in [3.8, 4) is 17.0 Å². The lowest BCUT2D eigenvalue weighted by Gasteiger charge is -2.35. The Kier molecular flexibility index (Phi) is 12.7. The predicted molar refractivity (Wildman–Crippen MR) is 183 cm³/mol. The fourth-order valence-electron chi connectivity index (χ4n) is 6.08. The van der Waals surface area contributed by atoms with E-state index in [0.717, 1.165) is 35.1 Å². The third kappa shape index (κ3) is 10.7. The van der Waals surface area contributed by atoms with Gasteiger partial charge in [-0.1, -0.05) is 67.4 Å². The van der Waals surface area contributed by atoms with Crippen LogP contribution in [0.5, 0.6) is 5.88 Å². The molecular weight excluding hydrogens is 618 g/mol. The summed E-state index contributed by atoms with van der Waals surface area (Å²) in [5.74, 6) is -0.303. The number of halogens is 1. The number of nitrogens with zero attached hydrogens (tertiary/aromatic N) is 1. The number of aromatic nitrogens is 1. The molecule has 0 radical (unpaired) electrons. The van der Waals surface area contributed by atoms with Gasteiger partial charge in [-0.05, 0) is 87.6 Å². The number of hydrogen-bond acceptors (Lipinski definition) is 7. The summed E-state index contributed by atoms with van der Waals surface area (Å²) in [6, 6.07) is 17.7. The molecule has 1 saturated carbocycles. The highest BCUT2D eigenvalue weighted by atomic mass is 35.5.